The number of anilines is 2. The molecule has 238 valence electrons. The topological polar surface area (TPSA) is 152 Å². The van der Waals surface area contributed by atoms with Gasteiger partial charge in [0.15, 0.2) is 17.3 Å². The van der Waals surface area contributed by atoms with Gasteiger partial charge in [0, 0.05) is 18.8 Å². The fourth-order valence-corrected chi connectivity index (χ4v) is 7.57. The van der Waals surface area contributed by atoms with E-state index in [2.05, 4.69) is 20.7 Å². The Labute approximate surface area is 271 Å². The molecule has 45 heavy (non-hydrogen) atoms. The first kappa shape index (κ1) is 32.3. The van der Waals surface area contributed by atoms with Gasteiger partial charge in [-0.15, -0.1) is 0 Å². The highest BCUT2D eigenvalue weighted by Crippen LogP contribution is 2.41. The van der Waals surface area contributed by atoms with E-state index in [0.717, 1.165) is 0 Å². The molecule has 12 nitrogen and oxygen atoms in total. The Balaban J connectivity index is 1.59. The highest BCUT2D eigenvalue weighted by molar-refractivity contribution is 14.2. The fraction of sp³-hybridized carbons (Fsp3) is 0.300. The Hall–Kier alpha value is -4.12. The predicted octanol–water partition coefficient (Wildman–Crippen LogP) is 4.91. The lowest BCUT2D eigenvalue weighted by molar-refractivity contribution is -0.133. The van der Waals surface area contributed by atoms with E-state index in [-0.39, 0.29) is 34.9 Å². The number of rotatable bonds is 9. The Bertz CT molecular complexity index is 1790. The van der Waals surface area contributed by atoms with Crippen LogP contribution >= 0.6 is 21.2 Å². The van der Waals surface area contributed by atoms with Crippen molar-refractivity contribution >= 4 is 57.5 Å². The molecular formula is C30H30FIN4O8S. The molecule has 1 fully saturated rings. The van der Waals surface area contributed by atoms with Crippen LogP contribution in [-0.4, -0.2) is 59.1 Å². The first-order valence-corrected chi connectivity index (χ1v) is 17.8. The summed E-state index contributed by atoms with van der Waals surface area (Å²) in [5.74, 6) is -1.07. The molecule has 0 aromatic heterocycles. The molecule has 15 heteroatoms. The largest absolute Gasteiger partial charge is 0.493 e. The Kier molecular flexibility index (Phi) is 9.38. The number of amides is 3. The van der Waals surface area contributed by atoms with Crippen LogP contribution in [0.4, 0.5) is 20.6 Å². The molecule has 3 aromatic carbocycles. The van der Waals surface area contributed by atoms with Crippen LogP contribution in [0.2, 0.25) is 0 Å². The second-order valence-corrected chi connectivity index (χ2v) is 15.1. The normalized spacial score (nSPS) is 16.4. The van der Waals surface area contributed by atoms with Crippen LogP contribution in [0.1, 0.15) is 52.0 Å². The van der Waals surface area contributed by atoms with Gasteiger partial charge in [0.2, 0.25) is 12.9 Å². The number of hydrogen-bond donors (Lipinski definition) is 3. The number of carbonyl (C=O) groups excluding carboxylic acids is 3. The van der Waals surface area contributed by atoms with E-state index >= 15 is 4.39 Å². The van der Waals surface area contributed by atoms with E-state index in [1.54, 1.807) is 24.3 Å². The fourth-order valence-electron chi connectivity index (χ4n) is 5.66. The average Bonchev–Trinajstić information content (AvgIpc) is 3.67. The summed E-state index contributed by atoms with van der Waals surface area (Å²) in [7, 11) is 0.352. The van der Waals surface area contributed by atoms with Crippen molar-refractivity contribution in [2.45, 2.75) is 36.4 Å². The summed E-state index contributed by atoms with van der Waals surface area (Å²) in [6.07, 6.45) is 0.240. The smallest absolute Gasteiger partial charge is 0.411 e. The molecule has 2 heterocycles. The molecule has 0 saturated carbocycles. The third-order valence-corrected chi connectivity index (χ3v) is 10.1. The molecule has 2 aliphatic rings. The Morgan fingerprint density at radius 3 is 2.51 bits per heavy atom. The molecule has 5 rings (SSSR count). The zero-order chi connectivity index (χ0) is 32.5. The van der Waals surface area contributed by atoms with Crippen molar-refractivity contribution in [3.05, 3.63) is 76.6 Å². The Morgan fingerprint density at radius 2 is 1.82 bits per heavy atom. The van der Waals surface area contributed by atoms with Gasteiger partial charge in [-0.25, -0.2) is 17.6 Å². The number of benzene rings is 3. The molecule has 0 aliphatic carbocycles. The lowest BCUT2D eigenvalue weighted by atomic mass is 10.00. The van der Waals surface area contributed by atoms with E-state index in [1.807, 2.05) is 0 Å². The van der Waals surface area contributed by atoms with Gasteiger partial charge in [-0.2, -0.15) is 0 Å². The van der Waals surface area contributed by atoms with E-state index < -0.39 is 42.8 Å². The number of halogens is 2. The maximum atomic E-state index is 15.7. The summed E-state index contributed by atoms with van der Waals surface area (Å²) in [6.45, 7) is 0.476. The van der Waals surface area contributed by atoms with E-state index in [0.29, 0.717) is 41.0 Å². The number of fused-ring (bicyclic) bond motifs is 1. The lowest BCUT2D eigenvalue weighted by Crippen LogP contribution is -2.38. The number of nitrogens with one attached hydrogen (secondary N) is 3. The van der Waals surface area contributed by atoms with Gasteiger partial charge in [-0.3, -0.25) is 14.9 Å². The van der Waals surface area contributed by atoms with Crippen molar-refractivity contribution in [3.8, 4) is 11.5 Å². The van der Waals surface area contributed by atoms with Crippen LogP contribution in [-0.2, 0) is 23.1 Å². The zero-order valence-electron chi connectivity index (χ0n) is 24.5. The summed E-state index contributed by atoms with van der Waals surface area (Å²) in [5.41, 5.74) is 1.36. The highest BCUT2D eigenvalue weighted by atomic mass is 127. The molecule has 3 aromatic rings. The first-order chi connectivity index (χ1) is 21.5. The molecule has 0 spiro atoms. The number of methoxy groups -OCH3 is 3. The van der Waals surface area contributed by atoms with Crippen molar-refractivity contribution in [1.29, 1.82) is 0 Å². The van der Waals surface area contributed by atoms with Crippen molar-refractivity contribution in [2.75, 3.05) is 38.5 Å². The van der Waals surface area contributed by atoms with Crippen molar-refractivity contribution < 1.29 is 41.4 Å². The van der Waals surface area contributed by atoms with Crippen LogP contribution in [0.3, 0.4) is 0 Å². The van der Waals surface area contributed by atoms with Crippen LogP contribution in [0.15, 0.2) is 53.4 Å². The lowest BCUT2D eigenvalue weighted by Gasteiger charge is -2.31. The highest BCUT2D eigenvalue weighted by Gasteiger charge is 2.38. The molecule has 3 amide bonds. The van der Waals surface area contributed by atoms with E-state index in [4.69, 9.17) is 9.47 Å². The minimum absolute atomic E-state index is 0.00507. The van der Waals surface area contributed by atoms with Crippen molar-refractivity contribution in [1.82, 2.24) is 10.2 Å². The predicted molar refractivity (Wildman–Crippen MR) is 171 cm³/mol. The number of hydrogen-bond acceptors (Lipinski definition) is 9. The van der Waals surface area contributed by atoms with Gasteiger partial charge >= 0.3 is 6.09 Å². The third-order valence-electron chi connectivity index (χ3n) is 7.78. The van der Waals surface area contributed by atoms with Crippen molar-refractivity contribution in [2.24, 2.45) is 0 Å². The molecule has 0 bridgehead atoms. The number of nitrogens with zero attached hydrogens (tertiary/aromatic N) is 1. The molecule has 2 atom stereocenters. The minimum Gasteiger partial charge on any atom is -0.493 e. The second-order valence-electron chi connectivity index (χ2n) is 10.3. The maximum Gasteiger partial charge on any atom is 0.411 e. The van der Waals surface area contributed by atoms with E-state index in [9.17, 15) is 22.8 Å². The quantitative estimate of drug-likeness (QED) is 0.205. The van der Waals surface area contributed by atoms with Gasteiger partial charge in [0.05, 0.1) is 64.7 Å². The number of carbonyl (C=O) groups is 3. The molecular weight excluding hydrogens is 722 g/mol. The van der Waals surface area contributed by atoms with Gasteiger partial charge in [-0.1, -0.05) is 12.1 Å². The molecule has 2 aliphatic heterocycles. The zero-order valence-corrected chi connectivity index (χ0v) is 27.5. The third kappa shape index (κ3) is 6.49. The van der Waals surface area contributed by atoms with Gasteiger partial charge in [0.1, 0.15) is 6.04 Å². The molecule has 1 unspecified atom stereocenters. The summed E-state index contributed by atoms with van der Waals surface area (Å²) >= 11 is 1.34. The molecule has 3 N–H and O–H groups in total. The van der Waals surface area contributed by atoms with Gasteiger partial charge in [0.25, 0.3) is 5.91 Å². The number of likely N-dealkylation sites (tertiary alicyclic amines) is 1. The summed E-state index contributed by atoms with van der Waals surface area (Å²) in [6, 6.07) is 10.4. The Morgan fingerprint density at radius 1 is 1.07 bits per heavy atom. The number of ether oxygens (including phenoxy) is 3. The van der Waals surface area contributed by atoms with Crippen LogP contribution in [0.25, 0.3) is 0 Å². The average molecular weight is 753 g/mol. The molecule has 0 radical (unpaired) electrons. The van der Waals surface area contributed by atoms with Crippen LogP contribution in [0.5, 0.6) is 11.5 Å². The maximum absolute atomic E-state index is 15.7. The van der Waals surface area contributed by atoms with Crippen LogP contribution in [0, 0.1) is 5.82 Å². The van der Waals surface area contributed by atoms with Crippen molar-refractivity contribution in [3.63, 3.8) is 0 Å². The van der Waals surface area contributed by atoms with Gasteiger partial charge in [-0.05, 0) is 65.9 Å². The first-order valence-electron chi connectivity index (χ1n) is 13.8. The van der Waals surface area contributed by atoms with E-state index in [1.165, 1.54) is 71.7 Å². The second kappa shape index (κ2) is 13.1. The summed E-state index contributed by atoms with van der Waals surface area (Å²) in [4.78, 5) is 40.3. The van der Waals surface area contributed by atoms with Gasteiger partial charge < -0.3 is 29.7 Å². The standard InChI is InChI=1S/C30H30FIN4O8S/c1-42-22-10-7-16(13-23(22)43-2)27(35-20-9-6-17-15-33-28(37)25(17)26(20)31)29(38)36-12-4-5-21(36)19-14-18(34-30(39)44-3)8-11-24(19)45(32,40)41/h6-11,13-14,21,27,35H,4-5,12,15H2,1-3H3,(H,33,37)(H,34,39)/t21-,27?/m1/s1. The van der Waals surface area contributed by atoms with Crippen LogP contribution < -0.4 is 25.4 Å². The molecule has 1 saturated heterocycles. The summed E-state index contributed by atoms with van der Waals surface area (Å²) < 4.78 is 56.8. The summed E-state index contributed by atoms with van der Waals surface area (Å²) in [5, 5.41) is 8.14. The SMILES string of the molecule is COC(=O)Nc1ccc(S(=O)(=O)I)c([C@H]2CCCN2C(=O)C(Nc2ccc3c(c2F)C(=O)NC3)c2ccc(OC)c(OC)c2)c1. The minimum atomic E-state index is -3.77. The monoisotopic (exact) mass is 752 g/mol.